The number of nitrogens with zero attached hydrogens (tertiary/aromatic N) is 8. The Kier molecular flexibility index (Phi) is 11.2. The first-order valence-electron chi connectivity index (χ1n) is 16.1. The van der Waals surface area contributed by atoms with Gasteiger partial charge in [0.25, 0.3) is 0 Å². The number of piperazine rings is 1. The Morgan fingerprint density at radius 1 is 0.433 bits per heavy atom. The highest BCUT2D eigenvalue weighted by Crippen LogP contribution is 2.53. The van der Waals surface area contributed by atoms with Crippen LogP contribution in [-0.4, -0.2) is 86.6 Å². The molecule has 1 fully saturated rings. The SMILES string of the molecule is Fc1cc(-c2nc(OCC(F)(F)C(F)(F)C(F)(F)C(F)(F)F)nc(N3CCN(c4nc(-c5cc(F)c(F)c(F)c5)nc(-c5cc(F)c(F)c(F)c5)n4)CC3)n2)cc(F)c1F. The molecule has 1 saturated heterocycles. The number of rotatable bonds is 10. The molecule has 0 unspecified atom stereocenters. The molecule has 9 nitrogen and oxygen atoms in total. The van der Waals surface area contributed by atoms with E-state index in [1.807, 2.05) is 0 Å². The molecule has 0 atom stereocenters. The zero-order valence-corrected chi connectivity index (χ0v) is 28.8. The first-order valence-corrected chi connectivity index (χ1v) is 16.1. The smallest absolute Gasteiger partial charge is 0.457 e. The molecule has 320 valence electrons. The molecular weight excluding hydrogens is 866 g/mol. The highest BCUT2D eigenvalue weighted by molar-refractivity contribution is 5.64. The Morgan fingerprint density at radius 3 is 1.08 bits per heavy atom. The fourth-order valence-corrected chi connectivity index (χ4v) is 5.26. The third-order valence-corrected chi connectivity index (χ3v) is 8.39. The molecule has 1 aliphatic heterocycles. The summed E-state index contributed by atoms with van der Waals surface area (Å²) in [6.07, 6.45) is -7.16. The maximum atomic E-state index is 14.3. The Morgan fingerprint density at radius 2 is 0.750 bits per heavy atom. The van der Waals surface area contributed by atoms with E-state index in [4.69, 9.17) is 0 Å². The molecule has 0 spiro atoms. The number of alkyl halides is 9. The largest absolute Gasteiger partial charge is 0.460 e. The van der Waals surface area contributed by atoms with Gasteiger partial charge in [0.15, 0.2) is 76.4 Å². The van der Waals surface area contributed by atoms with Crippen molar-refractivity contribution in [1.82, 2.24) is 29.9 Å². The van der Waals surface area contributed by atoms with Crippen molar-refractivity contribution >= 4 is 11.9 Å². The van der Waals surface area contributed by atoms with Gasteiger partial charge >= 0.3 is 30.0 Å². The summed E-state index contributed by atoms with van der Waals surface area (Å²) in [6, 6.07) is 0.861. The quantitative estimate of drug-likeness (QED) is 0.101. The van der Waals surface area contributed by atoms with Crippen LogP contribution in [0.1, 0.15) is 0 Å². The summed E-state index contributed by atoms with van der Waals surface area (Å²) in [4.78, 5) is 25.2. The van der Waals surface area contributed by atoms with Gasteiger partial charge in [-0.2, -0.15) is 64.4 Å². The number of aromatic nitrogens is 6. The fraction of sp³-hybridized carbons (Fsp3) is 0.273. The van der Waals surface area contributed by atoms with Gasteiger partial charge in [0.1, 0.15) is 0 Å². The molecule has 0 amide bonds. The van der Waals surface area contributed by atoms with Gasteiger partial charge in [-0.1, -0.05) is 0 Å². The second-order valence-corrected chi connectivity index (χ2v) is 12.4. The molecule has 60 heavy (non-hydrogen) atoms. The summed E-state index contributed by atoms with van der Waals surface area (Å²) in [6.45, 7) is -4.29. The van der Waals surface area contributed by atoms with Crippen LogP contribution in [0.3, 0.4) is 0 Å². The van der Waals surface area contributed by atoms with Crippen molar-refractivity contribution < 1.29 is 83.8 Å². The van der Waals surface area contributed by atoms with E-state index >= 15 is 0 Å². The summed E-state index contributed by atoms with van der Waals surface area (Å²) in [5, 5.41) is 0. The molecule has 6 rings (SSSR count). The number of hydrogen-bond acceptors (Lipinski definition) is 9. The van der Waals surface area contributed by atoms with E-state index in [1.165, 1.54) is 4.90 Å². The van der Waals surface area contributed by atoms with Gasteiger partial charge in [-0.05, 0) is 36.4 Å². The van der Waals surface area contributed by atoms with Crippen molar-refractivity contribution in [2.24, 2.45) is 0 Å². The molecule has 0 aliphatic carbocycles. The van der Waals surface area contributed by atoms with Crippen LogP contribution < -0.4 is 14.5 Å². The summed E-state index contributed by atoms with van der Waals surface area (Å²) in [7, 11) is 0. The number of ether oxygens (including phenoxy) is 1. The van der Waals surface area contributed by atoms with Gasteiger partial charge in [0, 0.05) is 42.9 Å². The fourth-order valence-electron chi connectivity index (χ4n) is 5.26. The molecular formula is C33H16F18N8O. The van der Waals surface area contributed by atoms with Gasteiger partial charge in [0.2, 0.25) is 11.9 Å². The molecule has 0 bridgehead atoms. The predicted octanol–water partition coefficient (Wildman–Crippen LogP) is 8.48. The van der Waals surface area contributed by atoms with E-state index in [9.17, 15) is 79.0 Å². The van der Waals surface area contributed by atoms with E-state index < -0.39 is 135 Å². The first kappa shape index (κ1) is 43.4. The van der Waals surface area contributed by atoms with Crippen molar-refractivity contribution in [2.45, 2.75) is 23.9 Å². The van der Waals surface area contributed by atoms with Crippen molar-refractivity contribution in [3.63, 3.8) is 0 Å². The zero-order chi connectivity index (χ0) is 44.3. The van der Waals surface area contributed by atoms with Crippen LogP contribution in [0.2, 0.25) is 0 Å². The second-order valence-electron chi connectivity index (χ2n) is 12.4. The molecule has 2 aromatic heterocycles. The van der Waals surface area contributed by atoms with E-state index in [-0.39, 0.29) is 38.3 Å². The normalized spacial score (nSPS) is 14.2. The summed E-state index contributed by atoms with van der Waals surface area (Å²) >= 11 is 0. The van der Waals surface area contributed by atoms with Crippen LogP contribution in [0, 0.1) is 52.4 Å². The minimum atomic E-state index is -7.29. The van der Waals surface area contributed by atoms with E-state index in [0.717, 1.165) is 4.90 Å². The lowest BCUT2D eigenvalue weighted by molar-refractivity contribution is -0.398. The number of anilines is 2. The van der Waals surface area contributed by atoms with Crippen LogP contribution in [0.15, 0.2) is 36.4 Å². The van der Waals surface area contributed by atoms with Crippen LogP contribution in [0.25, 0.3) is 34.2 Å². The standard InChI is InChI=1S/C33H16F18N8O/c34-15-5-12(6-16(35)21(15)40)24-52-25(13-7-17(36)22(41)18(37)8-13)54-27(53-24)58-1-3-59(4-2-58)28-55-26(14-9-19(38)23(42)20(39)10-14)56-29(57-28)60-11-30(43,44)31(45,46)32(47,48)33(49,50)51/h5-10H,1-4,11H2. The second kappa shape index (κ2) is 15.4. The van der Waals surface area contributed by atoms with Crippen LogP contribution in [-0.2, 0) is 0 Å². The lowest BCUT2D eigenvalue weighted by Gasteiger charge is -2.35. The molecule has 3 heterocycles. The lowest BCUT2D eigenvalue weighted by Crippen LogP contribution is -2.62. The summed E-state index contributed by atoms with van der Waals surface area (Å²) in [5.74, 6) is -40.4. The van der Waals surface area contributed by atoms with Gasteiger partial charge in [-0.15, -0.1) is 0 Å². The van der Waals surface area contributed by atoms with Crippen LogP contribution >= 0.6 is 0 Å². The molecule has 0 saturated carbocycles. The molecule has 0 N–H and O–H groups in total. The molecule has 0 radical (unpaired) electrons. The first-order chi connectivity index (χ1) is 27.8. The van der Waals surface area contributed by atoms with Gasteiger partial charge in [0.05, 0.1) is 0 Å². The minimum Gasteiger partial charge on any atom is -0.457 e. The maximum Gasteiger partial charge on any atom is 0.460 e. The van der Waals surface area contributed by atoms with E-state index in [1.54, 1.807) is 0 Å². The summed E-state index contributed by atoms with van der Waals surface area (Å²) in [5.41, 5.74) is -1.84. The van der Waals surface area contributed by atoms with Crippen LogP contribution in [0.5, 0.6) is 6.01 Å². The van der Waals surface area contributed by atoms with Gasteiger partial charge in [-0.25, -0.2) is 44.5 Å². The van der Waals surface area contributed by atoms with Gasteiger partial charge in [-0.3, -0.25) is 0 Å². The third kappa shape index (κ3) is 8.06. The average molecular weight is 883 g/mol. The third-order valence-electron chi connectivity index (χ3n) is 8.39. The Hall–Kier alpha value is -6.18. The highest BCUT2D eigenvalue weighted by atomic mass is 19.4. The highest BCUT2D eigenvalue weighted by Gasteiger charge is 2.82. The lowest BCUT2D eigenvalue weighted by atomic mass is 10.0. The monoisotopic (exact) mass is 882 g/mol. The molecule has 5 aromatic rings. The molecule has 3 aromatic carbocycles. The number of halogens is 18. The Labute approximate surface area is 321 Å². The van der Waals surface area contributed by atoms with Crippen LogP contribution in [0.4, 0.5) is 90.9 Å². The zero-order valence-electron chi connectivity index (χ0n) is 28.8. The van der Waals surface area contributed by atoms with E-state index in [0.29, 0.717) is 24.3 Å². The maximum absolute atomic E-state index is 14.3. The van der Waals surface area contributed by atoms with Gasteiger partial charge < -0.3 is 14.5 Å². The predicted molar refractivity (Wildman–Crippen MR) is 166 cm³/mol. The van der Waals surface area contributed by atoms with Crippen molar-refractivity contribution in [3.8, 4) is 40.2 Å². The Balaban J connectivity index is 1.34. The minimum absolute atomic E-state index is 0.263. The van der Waals surface area contributed by atoms with E-state index in [2.05, 4.69) is 34.6 Å². The average Bonchev–Trinajstić information content (AvgIpc) is 3.18. The van der Waals surface area contributed by atoms with Crippen molar-refractivity contribution in [3.05, 3.63) is 88.8 Å². The molecule has 27 heteroatoms. The Bertz CT molecular complexity index is 2320. The van der Waals surface area contributed by atoms with Crippen molar-refractivity contribution in [1.29, 1.82) is 0 Å². The summed E-state index contributed by atoms with van der Waals surface area (Å²) < 4.78 is 252. The van der Waals surface area contributed by atoms with Crippen molar-refractivity contribution in [2.75, 3.05) is 42.6 Å². The molecule has 1 aliphatic rings. The number of hydrogen-bond donors (Lipinski definition) is 0. The topological polar surface area (TPSA) is 93.1 Å². The number of benzene rings is 3.